The molecule has 4 nitrogen and oxygen atoms in total. The Morgan fingerprint density at radius 1 is 1.19 bits per heavy atom. The molecule has 0 aliphatic heterocycles. The number of rotatable bonds is 4. The van der Waals surface area contributed by atoms with Crippen molar-refractivity contribution in [3.63, 3.8) is 0 Å². The van der Waals surface area contributed by atoms with Gasteiger partial charge in [0.1, 0.15) is 5.75 Å². The molecule has 0 radical (unpaired) electrons. The van der Waals surface area contributed by atoms with Crippen LogP contribution < -0.4 is 15.4 Å². The zero-order valence-electron chi connectivity index (χ0n) is 11.5. The van der Waals surface area contributed by atoms with E-state index in [0.29, 0.717) is 0 Å². The summed E-state index contributed by atoms with van der Waals surface area (Å²) in [6.07, 6.45) is 3.40. The van der Waals surface area contributed by atoms with Gasteiger partial charge in [0, 0.05) is 15.5 Å². The average Bonchev–Trinajstić information content (AvgIpc) is 2.50. The Bertz CT molecular complexity index is 639. The molecule has 5 heteroatoms. The molecule has 2 aromatic carbocycles. The van der Waals surface area contributed by atoms with E-state index < -0.39 is 0 Å². The molecule has 0 aliphatic carbocycles. The van der Waals surface area contributed by atoms with Gasteiger partial charge in [-0.25, -0.2) is 4.79 Å². The minimum atomic E-state index is -0.282. The number of urea groups is 1. The van der Waals surface area contributed by atoms with E-state index in [1.165, 1.54) is 0 Å². The first-order valence-electron chi connectivity index (χ1n) is 6.31. The minimum Gasteiger partial charge on any atom is -0.497 e. The minimum absolute atomic E-state index is 0.282. The second kappa shape index (κ2) is 7.68. The van der Waals surface area contributed by atoms with Crippen molar-refractivity contribution in [3.05, 3.63) is 63.9 Å². The summed E-state index contributed by atoms with van der Waals surface area (Å²) >= 11 is 2.22. The standard InChI is InChI=1S/C16H15IN2O2/c1-21-15-4-2-3-12(11-15)9-10-18-16(20)19-14-7-5-13(17)6-8-14/h2-11H,1H3,(H2,18,19,20)/b10-9+. The molecule has 0 atom stereocenters. The highest BCUT2D eigenvalue weighted by Crippen LogP contribution is 2.13. The summed E-state index contributed by atoms with van der Waals surface area (Å²) in [5, 5.41) is 5.41. The molecule has 0 heterocycles. The number of amides is 2. The van der Waals surface area contributed by atoms with Gasteiger partial charge < -0.3 is 15.4 Å². The lowest BCUT2D eigenvalue weighted by atomic mass is 10.2. The Morgan fingerprint density at radius 3 is 2.67 bits per heavy atom. The van der Waals surface area contributed by atoms with Gasteiger partial charge in [0.15, 0.2) is 0 Å². The number of benzene rings is 2. The number of halogens is 1. The van der Waals surface area contributed by atoms with Gasteiger partial charge in [0.25, 0.3) is 0 Å². The number of hydrogen-bond donors (Lipinski definition) is 2. The summed E-state index contributed by atoms with van der Waals surface area (Å²) in [5.74, 6) is 0.778. The predicted molar refractivity (Wildman–Crippen MR) is 93.3 cm³/mol. The van der Waals surface area contributed by atoms with Crippen LogP contribution in [0.5, 0.6) is 5.75 Å². The van der Waals surface area contributed by atoms with Crippen LogP contribution in [0.25, 0.3) is 6.08 Å². The van der Waals surface area contributed by atoms with Gasteiger partial charge in [0.05, 0.1) is 7.11 Å². The first-order chi connectivity index (χ1) is 10.2. The second-order valence-corrected chi connectivity index (χ2v) is 5.46. The maximum absolute atomic E-state index is 11.7. The zero-order chi connectivity index (χ0) is 15.1. The molecule has 0 fully saturated rings. The van der Waals surface area contributed by atoms with Crippen LogP contribution in [-0.4, -0.2) is 13.1 Å². The number of carbonyl (C=O) groups excluding carboxylic acids is 1. The van der Waals surface area contributed by atoms with Gasteiger partial charge in [-0.1, -0.05) is 12.1 Å². The van der Waals surface area contributed by atoms with Crippen LogP contribution in [-0.2, 0) is 0 Å². The van der Waals surface area contributed by atoms with E-state index in [2.05, 4.69) is 33.2 Å². The summed E-state index contributed by atoms with van der Waals surface area (Å²) in [4.78, 5) is 11.7. The lowest BCUT2D eigenvalue weighted by Gasteiger charge is -2.04. The van der Waals surface area contributed by atoms with Gasteiger partial charge in [0.2, 0.25) is 0 Å². The number of carbonyl (C=O) groups is 1. The molecule has 0 saturated carbocycles. The smallest absolute Gasteiger partial charge is 0.323 e. The fourth-order valence-corrected chi connectivity index (χ4v) is 2.02. The Morgan fingerprint density at radius 2 is 1.95 bits per heavy atom. The van der Waals surface area contributed by atoms with Crippen molar-refractivity contribution >= 4 is 40.4 Å². The predicted octanol–water partition coefficient (Wildman–Crippen LogP) is 4.09. The van der Waals surface area contributed by atoms with Crippen LogP contribution in [0.2, 0.25) is 0 Å². The molecule has 2 rings (SSSR count). The number of hydrogen-bond acceptors (Lipinski definition) is 2. The molecule has 2 N–H and O–H groups in total. The fourth-order valence-electron chi connectivity index (χ4n) is 1.66. The summed E-state index contributed by atoms with van der Waals surface area (Å²) in [6.45, 7) is 0. The SMILES string of the molecule is COc1cccc(/C=C/NC(=O)Nc2ccc(I)cc2)c1. The van der Waals surface area contributed by atoms with E-state index >= 15 is 0 Å². The van der Waals surface area contributed by atoms with Crippen LogP contribution in [0.4, 0.5) is 10.5 Å². The molecule has 21 heavy (non-hydrogen) atoms. The Hall–Kier alpha value is -2.02. The van der Waals surface area contributed by atoms with Crippen LogP contribution in [0.15, 0.2) is 54.7 Å². The normalized spacial score (nSPS) is 10.4. The molecular formula is C16H15IN2O2. The van der Waals surface area contributed by atoms with Crippen molar-refractivity contribution in [2.24, 2.45) is 0 Å². The lowest BCUT2D eigenvalue weighted by molar-refractivity contribution is 0.255. The first kappa shape index (κ1) is 15.4. The monoisotopic (exact) mass is 394 g/mol. The van der Waals surface area contributed by atoms with Crippen molar-refractivity contribution in [1.29, 1.82) is 0 Å². The summed E-state index contributed by atoms with van der Waals surface area (Å²) in [7, 11) is 1.62. The van der Waals surface area contributed by atoms with Crippen LogP contribution >= 0.6 is 22.6 Å². The molecule has 0 spiro atoms. The Labute approximate surface area is 137 Å². The maximum atomic E-state index is 11.7. The van der Waals surface area contributed by atoms with Crippen molar-refractivity contribution < 1.29 is 9.53 Å². The highest BCUT2D eigenvalue weighted by Gasteiger charge is 1.98. The van der Waals surface area contributed by atoms with Crippen molar-refractivity contribution in [3.8, 4) is 5.75 Å². The van der Waals surface area contributed by atoms with Crippen molar-refractivity contribution in [2.45, 2.75) is 0 Å². The second-order valence-electron chi connectivity index (χ2n) is 4.22. The largest absolute Gasteiger partial charge is 0.497 e. The molecule has 2 amide bonds. The van der Waals surface area contributed by atoms with Gasteiger partial charge in [-0.2, -0.15) is 0 Å². The van der Waals surface area contributed by atoms with E-state index in [9.17, 15) is 4.79 Å². The average molecular weight is 394 g/mol. The van der Waals surface area contributed by atoms with Crippen LogP contribution in [0, 0.1) is 3.57 Å². The van der Waals surface area contributed by atoms with Crippen molar-refractivity contribution in [1.82, 2.24) is 5.32 Å². The maximum Gasteiger partial charge on any atom is 0.323 e. The van der Waals surface area contributed by atoms with E-state index in [0.717, 1.165) is 20.6 Å². The zero-order valence-corrected chi connectivity index (χ0v) is 13.6. The highest BCUT2D eigenvalue weighted by atomic mass is 127. The van der Waals surface area contributed by atoms with Crippen LogP contribution in [0.3, 0.4) is 0 Å². The lowest BCUT2D eigenvalue weighted by Crippen LogP contribution is -2.23. The topological polar surface area (TPSA) is 50.4 Å². The summed E-state index contributed by atoms with van der Waals surface area (Å²) in [5.41, 5.74) is 1.70. The van der Waals surface area contributed by atoms with E-state index in [1.54, 1.807) is 19.4 Å². The third kappa shape index (κ3) is 5.11. The third-order valence-corrected chi connectivity index (χ3v) is 3.41. The molecule has 108 valence electrons. The van der Waals surface area contributed by atoms with E-state index in [1.807, 2.05) is 48.5 Å². The number of anilines is 1. The Balaban J connectivity index is 1.88. The molecule has 0 aliphatic rings. The molecular weight excluding hydrogens is 379 g/mol. The van der Waals surface area contributed by atoms with Gasteiger partial charge in [-0.3, -0.25) is 0 Å². The number of methoxy groups -OCH3 is 1. The molecule has 2 aromatic rings. The van der Waals surface area contributed by atoms with E-state index in [-0.39, 0.29) is 6.03 Å². The fraction of sp³-hybridized carbons (Fsp3) is 0.0625. The Kier molecular flexibility index (Phi) is 5.62. The van der Waals surface area contributed by atoms with Gasteiger partial charge >= 0.3 is 6.03 Å². The molecule has 0 unspecified atom stereocenters. The first-order valence-corrected chi connectivity index (χ1v) is 7.39. The number of nitrogens with one attached hydrogen (secondary N) is 2. The quantitative estimate of drug-likeness (QED) is 0.768. The highest BCUT2D eigenvalue weighted by molar-refractivity contribution is 14.1. The summed E-state index contributed by atoms with van der Waals surface area (Å²) < 4.78 is 6.26. The molecule has 0 bridgehead atoms. The van der Waals surface area contributed by atoms with Crippen LogP contribution in [0.1, 0.15) is 5.56 Å². The number of ether oxygens (including phenoxy) is 1. The summed E-state index contributed by atoms with van der Waals surface area (Å²) in [6, 6.07) is 14.9. The molecule has 0 saturated heterocycles. The van der Waals surface area contributed by atoms with Crippen molar-refractivity contribution in [2.75, 3.05) is 12.4 Å². The van der Waals surface area contributed by atoms with Gasteiger partial charge in [-0.15, -0.1) is 0 Å². The van der Waals surface area contributed by atoms with E-state index in [4.69, 9.17) is 4.74 Å². The molecule has 0 aromatic heterocycles. The van der Waals surface area contributed by atoms with Gasteiger partial charge in [-0.05, 0) is 70.6 Å². The third-order valence-electron chi connectivity index (χ3n) is 2.69.